The van der Waals surface area contributed by atoms with Gasteiger partial charge >= 0.3 is 0 Å². The molecule has 1 aliphatic rings. The van der Waals surface area contributed by atoms with Crippen LogP contribution in [0.2, 0.25) is 0 Å². The Morgan fingerprint density at radius 3 is 2.13 bits per heavy atom. The number of rotatable bonds is 26. The molecule has 3 rings (SSSR count). The van der Waals surface area contributed by atoms with Crippen molar-refractivity contribution < 1.29 is 28.7 Å². The highest BCUT2D eigenvalue weighted by atomic mass is 32.1. The van der Waals surface area contributed by atoms with Gasteiger partial charge in [-0.05, 0) is 89.7 Å². The fourth-order valence-electron chi connectivity index (χ4n) is 8.98. The van der Waals surface area contributed by atoms with Gasteiger partial charge in [0.1, 0.15) is 11.0 Å². The molecule has 0 radical (unpaired) electrons. The molecule has 4 amide bonds. The Balaban J connectivity index is 1.77. The Labute approximate surface area is 371 Å². The summed E-state index contributed by atoms with van der Waals surface area (Å²) >= 11 is 1.51. The standard InChI is InChI=1S/C47H79N7O6S/c1-14-33(6)42(53(11)47(58)40(31(2)3)50-45(57)41(32(4)5)52(10)26-19-18-25-51(8)9)38(59-12)30-39(55)54-27-20-23-37(54)43(60-13)34(7)44(56)49-36(46-48-24-28-61-46)29-35-21-16-15-17-22-35/h15-17,21-22,24,28,31-34,36-38,40-43H,14,18-20,23,25-27,29-30H2,1-13H3,(H,49,56)(H,50,57)/t33-,34+,36-,37-,38+,40-,41-,42-,43+/m0/s1. The van der Waals surface area contributed by atoms with Crippen LogP contribution in [0.15, 0.2) is 41.9 Å². The minimum Gasteiger partial charge on any atom is -0.379 e. The van der Waals surface area contributed by atoms with Gasteiger partial charge in [-0.1, -0.05) is 85.2 Å². The van der Waals surface area contributed by atoms with E-state index in [0.29, 0.717) is 19.4 Å². The average molecular weight is 870 g/mol. The van der Waals surface area contributed by atoms with Crippen molar-refractivity contribution in [3.05, 3.63) is 52.5 Å². The lowest BCUT2D eigenvalue weighted by atomic mass is 9.89. The molecular formula is C47H79N7O6S. The van der Waals surface area contributed by atoms with E-state index in [0.717, 1.165) is 49.3 Å². The molecule has 13 nitrogen and oxygen atoms in total. The zero-order valence-electron chi connectivity index (χ0n) is 39.6. The van der Waals surface area contributed by atoms with Crippen LogP contribution in [0.5, 0.6) is 0 Å². The molecule has 0 spiro atoms. The van der Waals surface area contributed by atoms with E-state index < -0.39 is 30.2 Å². The number of carbonyl (C=O) groups excluding carboxylic acids is 4. The van der Waals surface area contributed by atoms with Crippen LogP contribution in [0.25, 0.3) is 0 Å². The molecule has 2 aromatic rings. The quantitative estimate of drug-likeness (QED) is 0.111. The number of methoxy groups -OCH3 is 2. The maximum atomic E-state index is 14.5. The number of likely N-dealkylation sites (N-methyl/N-ethyl adjacent to an activating group) is 2. The Bertz CT molecular complexity index is 1610. The van der Waals surface area contributed by atoms with Crippen LogP contribution in [0.1, 0.15) is 104 Å². The van der Waals surface area contributed by atoms with E-state index >= 15 is 0 Å². The summed E-state index contributed by atoms with van der Waals surface area (Å²) in [4.78, 5) is 69.3. The van der Waals surface area contributed by atoms with Crippen LogP contribution in [-0.2, 0) is 35.1 Å². The highest BCUT2D eigenvalue weighted by Gasteiger charge is 2.43. The number of hydrogen-bond acceptors (Lipinski definition) is 10. The van der Waals surface area contributed by atoms with Gasteiger partial charge in [-0.15, -0.1) is 11.3 Å². The zero-order chi connectivity index (χ0) is 45.4. The number of benzene rings is 1. The molecular weight excluding hydrogens is 791 g/mol. The summed E-state index contributed by atoms with van der Waals surface area (Å²) in [5.74, 6) is -1.34. The molecule has 1 saturated heterocycles. The molecule has 9 atom stereocenters. The third-order valence-corrected chi connectivity index (χ3v) is 13.5. The molecule has 1 fully saturated rings. The van der Waals surface area contributed by atoms with Gasteiger partial charge in [-0.25, -0.2) is 4.98 Å². The minimum absolute atomic E-state index is 0.0154. The van der Waals surface area contributed by atoms with Crippen molar-refractivity contribution in [1.29, 1.82) is 0 Å². The summed E-state index contributed by atoms with van der Waals surface area (Å²) in [6, 6.07) is 7.82. The van der Waals surface area contributed by atoms with Crippen molar-refractivity contribution in [2.75, 3.05) is 62.0 Å². The van der Waals surface area contributed by atoms with Crippen molar-refractivity contribution in [1.82, 2.24) is 35.2 Å². The van der Waals surface area contributed by atoms with Crippen molar-refractivity contribution >= 4 is 35.0 Å². The van der Waals surface area contributed by atoms with Crippen LogP contribution in [0, 0.1) is 23.7 Å². The average Bonchev–Trinajstić information content (AvgIpc) is 3.95. The van der Waals surface area contributed by atoms with Gasteiger partial charge in [-0.2, -0.15) is 0 Å². The second kappa shape index (κ2) is 25.6. The van der Waals surface area contributed by atoms with Gasteiger partial charge in [0, 0.05) is 39.4 Å². The molecule has 344 valence electrons. The molecule has 0 unspecified atom stereocenters. The molecule has 61 heavy (non-hydrogen) atoms. The topological polar surface area (TPSA) is 137 Å². The van der Waals surface area contributed by atoms with Crippen molar-refractivity contribution in [2.45, 2.75) is 136 Å². The summed E-state index contributed by atoms with van der Waals surface area (Å²) < 4.78 is 12.2. The second-order valence-corrected chi connectivity index (χ2v) is 19.0. The Morgan fingerprint density at radius 1 is 0.902 bits per heavy atom. The second-order valence-electron chi connectivity index (χ2n) is 18.1. The van der Waals surface area contributed by atoms with Crippen molar-refractivity contribution in [3.8, 4) is 0 Å². The van der Waals surface area contributed by atoms with Crippen LogP contribution in [0.3, 0.4) is 0 Å². The van der Waals surface area contributed by atoms with Gasteiger partial charge in [-0.3, -0.25) is 24.1 Å². The summed E-state index contributed by atoms with van der Waals surface area (Å²) in [6.07, 6.45) is 5.47. The fraction of sp³-hybridized carbons (Fsp3) is 0.723. The minimum atomic E-state index is -0.762. The zero-order valence-corrected chi connectivity index (χ0v) is 40.4. The molecule has 2 heterocycles. The number of carbonyl (C=O) groups is 4. The highest BCUT2D eigenvalue weighted by Crippen LogP contribution is 2.31. The fourth-order valence-corrected chi connectivity index (χ4v) is 9.67. The third-order valence-electron chi connectivity index (χ3n) is 12.6. The smallest absolute Gasteiger partial charge is 0.245 e. The monoisotopic (exact) mass is 870 g/mol. The van der Waals surface area contributed by atoms with Crippen LogP contribution in [0.4, 0.5) is 0 Å². The predicted molar refractivity (Wildman–Crippen MR) is 245 cm³/mol. The van der Waals surface area contributed by atoms with E-state index in [1.165, 1.54) is 11.3 Å². The Morgan fingerprint density at radius 2 is 1.57 bits per heavy atom. The summed E-state index contributed by atoms with van der Waals surface area (Å²) in [5.41, 5.74) is 1.09. The van der Waals surface area contributed by atoms with Crippen molar-refractivity contribution in [3.63, 3.8) is 0 Å². The number of nitrogens with one attached hydrogen (secondary N) is 2. The number of unbranched alkanes of at least 4 members (excludes halogenated alkanes) is 1. The largest absolute Gasteiger partial charge is 0.379 e. The van der Waals surface area contributed by atoms with Crippen LogP contribution in [-0.4, -0.2) is 147 Å². The van der Waals surface area contributed by atoms with Gasteiger partial charge < -0.3 is 34.8 Å². The number of amides is 4. The number of thiazole rings is 1. The summed E-state index contributed by atoms with van der Waals surface area (Å²) in [5, 5.41) is 9.14. The van der Waals surface area contributed by atoms with Gasteiger partial charge in [0.05, 0.1) is 48.7 Å². The Kier molecular flexibility index (Phi) is 21.8. The molecule has 1 aromatic heterocycles. The number of nitrogens with zero attached hydrogens (tertiary/aromatic N) is 5. The first-order chi connectivity index (χ1) is 29.0. The first-order valence-corrected chi connectivity index (χ1v) is 23.4. The number of ether oxygens (including phenoxy) is 2. The van der Waals surface area contributed by atoms with E-state index in [2.05, 4.69) is 53.4 Å². The number of likely N-dealkylation sites (tertiary alicyclic amines) is 1. The first-order valence-electron chi connectivity index (χ1n) is 22.5. The molecule has 0 saturated carbocycles. The van der Waals surface area contributed by atoms with E-state index in [1.807, 2.05) is 82.3 Å². The predicted octanol–water partition coefficient (Wildman–Crippen LogP) is 5.90. The van der Waals surface area contributed by atoms with E-state index in [1.54, 1.807) is 32.4 Å². The number of hydrogen-bond donors (Lipinski definition) is 2. The third kappa shape index (κ3) is 14.8. The van der Waals surface area contributed by atoms with Crippen molar-refractivity contribution in [2.24, 2.45) is 23.7 Å². The van der Waals surface area contributed by atoms with Gasteiger partial charge in [0.25, 0.3) is 0 Å². The lowest BCUT2D eigenvalue weighted by molar-refractivity contribution is -0.148. The molecule has 0 bridgehead atoms. The molecule has 2 N–H and O–H groups in total. The summed E-state index contributed by atoms with van der Waals surface area (Å²) in [6.45, 7) is 16.3. The first kappa shape index (κ1) is 51.9. The summed E-state index contributed by atoms with van der Waals surface area (Å²) in [7, 11) is 11.1. The molecule has 14 heteroatoms. The Hall–Kier alpha value is -3.43. The van der Waals surface area contributed by atoms with Crippen LogP contribution < -0.4 is 10.6 Å². The van der Waals surface area contributed by atoms with E-state index in [4.69, 9.17) is 9.47 Å². The SMILES string of the molecule is CC[C@H](C)[C@@H]([C@@H](CC(=O)N1CCC[C@H]1[C@H](OC)[C@@H](C)C(=O)N[C@@H](Cc1ccccc1)c1nccs1)OC)N(C)C(=O)[C@@H](NC(=O)[C@H](C(C)C)N(C)CCCCN(C)C)C(C)C. The lowest BCUT2D eigenvalue weighted by Crippen LogP contribution is -2.60. The molecule has 1 aliphatic heterocycles. The highest BCUT2D eigenvalue weighted by molar-refractivity contribution is 7.09. The van der Waals surface area contributed by atoms with Gasteiger partial charge in [0.2, 0.25) is 23.6 Å². The van der Waals surface area contributed by atoms with E-state index in [-0.39, 0.29) is 65.9 Å². The number of aromatic nitrogens is 1. The van der Waals surface area contributed by atoms with Gasteiger partial charge in [0.15, 0.2) is 0 Å². The van der Waals surface area contributed by atoms with E-state index in [9.17, 15) is 19.2 Å². The molecule has 0 aliphatic carbocycles. The lowest BCUT2D eigenvalue weighted by Gasteiger charge is -2.41. The molecule has 1 aromatic carbocycles. The maximum absolute atomic E-state index is 14.5. The maximum Gasteiger partial charge on any atom is 0.245 e. The normalized spacial score (nSPS) is 18.4. The van der Waals surface area contributed by atoms with Crippen LogP contribution >= 0.6 is 11.3 Å².